The number of hydrogen-bond donors (Lipinski definition) is 2. The summed E-state index contributed by atoms with van der Waals surface area (Å²) in [6, 6.07) is 14.4. The molecule has 0 saturated carbocycles. The number of nitrogens with one attached hydrogen (secondary N) is 2. The van der Waals surface area contributed by atoms with Gasteiger partial charge in [-0.05, 0) is 86.1 Å². The van der Waals surface area contributed by atoms with E-state index in [-0.39, 0.29) is 18.2 Å². The SMILES string of the molecule is O=C1NCc2c(OS(=O)(=O)c3ccc(C(F)(F)F)cc3)ccc(-c3cc4cc(CN5CCCCC5)ccc4[nH]3)c21. The van der Waals surface area contributed by atoms with Crippen LogP contribution in [-0.2, 0) is 29.4 Å². The predicted molar refractivity (Wildman–Crippen MR) is 143 cm³/mol. The summed E-state index contributed by atoms with van der Waals surface area (Å²) in [5.41, 5.74) is 3.11. The Balaban J connectivity index is 1.30. The third-order valence-corrected chi connectivity index (χ3v) is 8.67. The Morgan fingerprint density at radius 3 is 2.40 bits per heavy atom. The molecule has 11 heteroatoms. The molecule has 2 aliphatic heterocycles. The lowest BCUT2D eigenvalue weighted by Crippen LogP contribution is -2.28. The fourth-order valence-corrected chi connectivity index (χ4v) is 6.36. The molecule has 6 rings (SSSR count). The van der Waals surface area contributed by atoms with Gasteiger partial charge in [-0.3, -0.25) is 9.69 Å². The van der Waals surface area contributed by atoms with Crippen LogP contribution in [0.1, 0.15) is 46.3 Å². The summed E-state index contributed by atoms with van der Waals surface area (Å²) in [5.74, 6) is -0.427. The predicted octanol–water partition coefficient (Wildman–Crippen LogP) is 5.85. The molecule has 0 bridgehead atoms. The average Bonchev–Trinajstić information content (AvgIpc) is 3.53. The molecule has 2 N–H and O–H groups in total. The summed E-state index contributed by atoms with van der Waals surface area (Å²) in [7, 11) is -4.45. The lowest BCUT2D eigenvalue weighted by atomic mass is 9.99. The van der Waals surface area contributed by atoms with Crippen molar-refractivity contribution in [3.8, 4) is 17.0 Å². The topological polar surface area (TPSA) is 91.5 Å². The number of aromatic nitrogens is 1. The van der Waals surface area contributed by atoms with Crippen LogP contribution in [0.4, 0.5) is 13.2 Å². The second-order valence-corrected chi connectivity index (χ2v) is 11.7. The Hall–Kier alpha value is -3.83. The average molecular weight is 570 g/mol. The zero-order chi connectivity index (χ0) is 28.1. The lowest BCUT2D eigenvalue weighted by Gasteiger charge is -2.26. The van der Waals surface area contributed by atoms with Crippen molar-refractivity contribution in [3.05, 3.63) is 82.9 Å². The number of piperidine rings is 1. The van der Waals surface area contributed by atoms with Gasteiger partial charge >= 0.3 is 16.3 Å². The molecule has 0 aliphatic carbocycles. The van der Waals surface area contributed by atoms with Crippen molar-refractivity contribution in [3.63, 3.8) is 0 Å². The minimum Gasteiger partial charge on any atom is -0.379 e. The van der Waals surface area contributed by atoms with Crippen LogP contribution in [0.15, 0.2) is 65.6 Å². The van der Waals surface area contributed by atoms with Gasteiger partial charge in [0.2, 0.25) is 0 Å². The van der Waals surface area contributed by atoms with Crippen molar-refractivity contribution in [2.75, 3.05) is 13.1 Å². The Kier molecular flexibility index (Phi) is 6.58. The Labute approximate surface area is 229 Å². The van der Waals surface area contributed by atoms with E-state index in [0.29, 0.717) is 34.5 Å². The molecule has 40 heavy (non-hydrogen) atoms. The van der Waals surface area contributed by atoms with Crippen LogP contribution in [0.25, 0.3) is 22.2 Å². The first kappa shape index (κ1) is 26.4. The number of amides is 1. The van der Waals surface area contributed by atoms with Gasteiger partial charge in [0.15, 0.2) is 0 Å². The summed E-state index contributed by atoms with van der Waals surface area (Å²) in [5, 5.41) is 3.72. The van der Waals surface area contributed by atoms with Gasteiger partial charge in [0, 0.05) is 40.8 Å². The number of hydrogen-bond acceptors (Lipinski definition) is 5. The third-order valence-electron chi connectivity index (χ3n) is 7.42. The van der Waals surface area contributed by atoms with Crippen molar-refractivity contribution in [2.45, 2.75) is 43.4 Å². The number of nitrogens with zero attached hydrogens (tertiary/aromatic N) is 1. The maximum Gasteiger partial charge on any atom is 0.416 e. The van der Waals surface area contributed by atoms with Gasteiger partial charge in [0.25, 0.3) is 5.91 Å². The van der Waals surface area contributed by atoms with Crippen molar-refractivity contribution in [1.82, 2.24) is 15.2 Å². The summed E-state index contributed by atoms with van der Waals surface area (Å²) in [6.07, 6.45) is -0.882. The normalized spacial score (nSPS) is 16.2. The van der Waals surface area contributed by atoms with Gasteiger partial charge < -0.3 is 14.5 Å². The molecule has 0 atom stereocenters. The molecule has 0 radical (unpaired) electrons. The highest BCUT2D eigenvalue weighted by molar-refractivity contribution is 7.87. The first-order chi connectivity index (χ1) is 19.1. The summed E-state index contributed by atoms with van der Waals surface area (Å²) in [4.78, 5) is 18.2. The number of benzene rings is 3. The minimum absolute atomic E-state index is 0.0556. The van der Waals surface area contributed by atoms with Crippen molar-refractivity contribution in [1.29, 1.82) is 0 Å². The van der Waals surface area contributed by atoms with E-state index in [1.807, 2.05) is 12.1 Å². The van der Waals surface area contributed by atoms with E-state index in [4.69, 9.17) is 4.18 Å². The Bertz CT molecular complexity index is 1710. The third kappa shape index (κ3) is 5.06. The molecule has 1 fully saturated rings. The molecule has 0 unspecified atom stereocenters. The number of carbonyl (C=O) groups excluding carboxylic acids is 1. The molecule has 1 aromatic heterocycles. The van der Waals surface area contributed by atoms with E-state index in [0.717, 1.165) is 42.7 Å². The van der Waals surface area contributed by atoms with Crippen molar-refractivity contribution >= 4 is 26.9 Å². The first-order valence-corrected chi connectivity index (χ1v) is 14.4. The lowest BCUT2D eigenvalue weighted by molar-refractivity contribution is -0.137. The Morgan fingerprint density at radius 1 is 0.925 bits per heavy atom. The smallest absolute Gasteiger partial charge is 0.379 e. The van der Waals surface area contributed by atoms with E-state index < -0.39 is 26.8 Å². The van der Waals surface area contributed by atoms with Gasteiger partial charge in [-0.15, -0.1) is 0 Å². The van der Waals surface area contributed by atoms with Crippen LogP contribution < -0.4 is 9.50 Å². The summed E-state index contributed by atoms with van der Waals surface area (Å²) < 4.78 is 69.7. The molecule has 7 nitrogen and oxygen atoms in total. The molecular formula is C29H26F3N3O4S. The zero-order valence-electron chi connectivity index (χ0n) is 21.3. The zero-order valence-corrected chi connectivity index (χ0v) is 22.2. The molecule has 208 valence electrons. The number of alkyl halides is 3. The van der Waals surface area contributed by atoms with E-state index in [1.165, 1.54) is 30.9 Å². The highest BCUT2D eigenvalue weighted by atomic mass is 32.2. The maximum absolute atomic E-state index is 12.9. The van der Waals surface area contributed by atoms with Crippen molar-refractivity contribution < 1.29 is 30.6 Å². The van der Waals surface area contributed by atoms with Crippen LogP contribution in [0, 0.1) is 0 Å². The quantitative estimate of drug-likeness (QED) is 0.284. The van der Waals surface area contributed by atoms with Gasteiger partial charge in [-0.1, -0.05) is 12.5 Å². The standard InChI is InChI=1S/C29H26F3N3O4S/c30-29(31,32)20-5-7-21(8-6-20)40(37,38)39-26-11-9-22(27-23(26)16-33-28(27)36)25-15-19-14-18(4-10-24(19)34-25)17-35-12-2-1-3-13-35/h4-11,14-15,34H,1-3,12-13,16-17H2,(H,33,36). The second kappa shape index (κ2) is 9.97. The minimum atomic E-state index is -4.59. The van der Waals surface area contributed by atoms with Gasteiger partial charge in [0.1, 0.15) is 10.6 Å². The molecule has 3 heterocycles. The number of likely N-dealkylation sites (tertiary alicyclic amines) is 1. The molecule has 3 aromatic carbocycles. The summed E-state index contributed by atoms with van der Waals surface area (Å²) >= 11 is 0. The van der Waals surface area contributed by atoms with E-state index >= 15 is 0 Å². The monoisotopic (exact) mass is 569 g/mol. The number of carbonyl (C=O) groups is 1. The van der Waals surface area contributed by atoms with Gasteiger partial charge in [0.05, 0.1) is 11.1 Å². The molecule has 1 saturated heterocycles. The summed E-state index contributed by atoms with van der Waals surface area (Å²) in [6.45, 7) is 3.13. The molecular weight excluding hydrogens is 543 g/mol. The van der Waals surface area contributed by atoms with Crippen molar-refractivity contribution in [2.24, 2.45) is 0 Å². The molecule has 2 aliphatic rings. The maximum atomic E-state index is 12.9. The van der Waals surface area contributed by atoms with Gasteiger partial charge in [-0.25, -0.2) is 0 Å². The number of halogens is 3. The highest BCUT2D eigenvalue weighted by Gasteiger charge is 2.32. The van der Waals surface area contributed by atoms with Crippen LogP contribution in [-0.4, -0.2) is 37.3 Å². The Morgan fingerprint density at radius 2 is 1.68 bits per heavy atom. The van der Waals surface area contributed by atoms with Crippen LogP contribution in [0.5, 0.6) is 5.75 Å². The number of rotatable bonds is 6. The molecule has 1 amide bonds. The number of fused-ring (bicyclic) bond motifs is 2. The van der Waals surface area contributed by atoms with Crippen LogP contribution in [0.2, 0.25) is 0 Å². The first-order valence-electron chi connectivity index (χ1n) is 13.0. The second-order valence-electron chi connectivity index (χ2n) is 10.1. The molecule has 0 spiro atoms. The molecule has 4 aromatic rings. The van der Waals surface area contributed by atoms with E-state index in [9.17, 15) is 26.4 Å². The fraction of sp³-hybridized carbons (Fsp3) is 0.276. The highest BCUT2D eigenvalue weighted by Crippen LogP contribution is 2.37. The largest absolute Gasteiger partial charge is 0.416 e. The van der Waals surface area contributed by atoms with Crippen LogP contribution in [0.3, 0.4) is 0 Å². The number of aromatic amines is 1. The van der Waals surface area contributed by atoms with E-state index in [1.54, 1.807) is 6.07 Å². The van der Waals surface area contributed by atoms with E-state index in [2.05, 4.69) is 27.3 Å². The van der Waals surface area contributed by atoms with Gasteiger partial charge in [-0.2, -0.15) is 21.6 Å². The van der Waals surface area contributed by atoms with Crippen LogP contribution >= 0.6 is 0 Å². The number of H-pyrrole nitrogens is 1. The fourth-order valence-electron chi connectivity index (χ4n) is 5.40.